The van der Waals surface area contributed by atoms with Crippen molar-refractivity contribution in [1.29, 1.82) is 0 Å². The number of hydrogen-bond acceptors (Lipinski definition) is 2. The van der Waals surface area contributed by atoms with E-state index < -0.39 is 0 Å². The Hall–Kier alpha value is -0.860. The molecule has 0 unspecified atom stereocenters. The quantitative estimate of drug-likeness (QED) is 0.716. The fourth-order valence-corrected chi connectivity index (χ4v) is 2.32. The summed E-state index contributed by atoms with van der Waals surface area (Å²) in [6.45, 7) is 3.14. The van der Waals surface area contributed by atoms with E-state index in [2.05, 4.69) is 41.0 Å². The average Bonchev–Trinajstić information content (AvgIpc) is 2.83. The molecule has 2 N–H and O–H groups in total. The molecule has 2 heteroatoms. The third kappa shape index (κ3) is 3.95. The Labute approximate surface area is 98.4 Å². The first kappa shape index (κ1) is 11.6. The van der Waals surface area contributed by atoms with E-state index in [-0.39, 0.29) is 0 Å². The van der Waals surface area contributed by atoms with Crippen molar-refractivity contribution >= 4 is 0 Å². The Bertz CT molecular complexity index is 278. The summed E-state index contributed by atoms with van der Waals surface area (Å²) in [5, 5.41) is 7.07. The van der Waals surface area contributed by atoms with E-state index in [0.717, 1.165) is 25.7 Å². The maximum absolute atomic E-state index is 3.61. The van der Waals surface area contributed by atoms with Gasteiger partial charge in [0.2, 0.25) is 0 Å². The smallest absolute Gasteiger partial charge is 0.0206 e. The van der Waals surface area contributed by atoms with Gasteiger partial charge in [0.05, 0.1) is 0 Å². The van der Waals surface area contributed by atoms with Crippen LogP contribution in [0.4, 0.5) is 0 Å². The summed E-state index contributed by atoms with van der Waals surface area (Å²) in [7, 11) is 0. The minimum absolute atomic E-state index is 0.790. The number of benzene rings is 1. The second-order valence-corrected chi connectivity index (χ2v) is 4.60. The van der Waals surface area contributed by atoms with Crippen LogP contribution in [0.2, 0.25) is 0 Å². The normalized spacial score (nSPS) is 16.8. The summed E-state index contributed by atoms with van der Waals surface area (Å²) in [5.74, 6) is 0. The van der Waals surface area contributed by atoms with Gasteiger partial charge in [-0.05, 0) is 18.4 Å². The highest BCUT2D eigenvalue weighted by atomic mass is 15.0. The molecule has 88 valence electrons. The van der Waals surface area contributed by atoms with Crippen molar-refractivity contribution in [2.24, 2.45) is 0 Å². The molecule has 1 fully saturated rings. The van der Waals surface area contributed by atoms with Gasteiger partial charge in [-0.15, -0.1) is 0 Å². The van der Waals surface area contributed by atoms with E-state index in [4.69, 9.17) is 0 Å². The molecule has 0 spiro atoms. The lowest BCUT2D eigenvalue weighted by Crippen LogP contribution is -2.33. The molecule has 1 aliphatic rings. The van der Waals surface area contributed by atoms with Crippen LogP contribution in [-0.2, 0) is 6.54 Å². The largest absolute Gasteiger partial charge is 0.313 e. The molecule has 0 bridgehead atoms. The van der Waals surface area contributed by atoms with Crippen molar-refractivity contribution < 1.29 is 0 Å². The van der Waals surface area contributed by atoms with Gasteiger partial charge in [-0.3, -0.25) is 0 Å². The fraction of sp³-hybridized carbons (Fsp3) is 0.571. The Balaban J connectivity index is 1.52. The van der Waals surface area contributed by atoms with Crippen molar-refractivity contribution in [1.82, 2.24) is 10.6 Å². The van der Waals surface area contributed by atoms with Crippen molar-refractivity contribution in [3.05, 3.63) is 35.9 Å². The second kappa shape index (κ2) is 6.66. The Morgan fingerprint density at radius 1 is 1.00 bits per heavy atom. The van der Waals surface area contributed by atoms with E-state index in [1.54, 1.807) is 0 Å². The van der Waals surface area contributed by atoms with Gasteiger partial charge in [0, 0.05) is 25.7 Å². The predicted molar refractivity (Wildman–Crippen MR) is 68.4 cm³/mol. The summed E-state index contributed by atoms with van der Waals surface area (Å²) in [6, 6.07) is 11.4. The molecule has 1 aromatic carbocycles. The number of nitrogens with one attached hydrogen (secondary N) is 2. The van der Waals surface area contributed by atoms with E-state index >= 15 is 0 Å². The lowest BCUT2D eigenvalue weighted by atomic mass is 10.2. The zero-order valence-corrected chi connectivity index (χ0v) is 9.91. The maximum Gasteiger partial charge on any atom is 0.0206 e. The Morgan fingerprint density at radius 3 is 2.50 bits per heavy atom. The van der Waals surface area contributed by atoms with Gasteiger partial charge in [-0.2, -0.15) is 0 Å². The highest BCUT2D eigenvalue weighted by molar-refractivity contribution is 5.14. The molecule has 0 atom stereocenters. The van der Waals surface area contributed by atoms with Crippen LogP contribution in [0.5, 0.6) is 0 Å². The Morgan fingerprint density at radius 2 is 1.75 bits per heavy atom. The zero-order chi connectivity index (χ0) is 11.1. The van der Waals surface area contributed by atoms with Gasteiger partial charge in [-0.1, -0.05) is 43.2 Å². The minimum Gasteiger partial charge on any atom is -0.313 e. The molecular formula is C14H22N2. The van der Waals surface area contributed by atoms with Crippen LogP contribution in [0.1, 0.15) is 31.2 Å². The van der Waals surface area contributed by atoms with Crippen LogP contribution in [0.25, 0.3) is 0 Å². The second-order valence-electron chi connectivity index (χ2n) is 4.60. The molecule has 0 amide bonds. The van der Waals surface area contributed by atoms with Crippen molar-refractivity contribution in [3.8, 4) is 0 Å². The van der Waals surface area contributed by atoms with Crippen molar-refractivity contribution in [2.45, 2.75) is 38.3 Å². The third-order valence-electron chi connectivity index (χ3n) is 3.26. The monoisotopic (exact) mass is 218 g/mol. The molecule has 1 saturated carbocycles. The van der Waals surface area contributed by atoms with Crippen LogP contribution >= 0.6 is 0 Å². The Kier molecular flexibility index (Phi) is 4.84. The highest BCUT2D eigenvalue weighted by Crippen LogP contribution is 2.16. The molecular weight excluding hydrogens is 196 g/mol. The molecule has 1 aromatic rings. The van der Waals surface area contributed by atoms with Crippen molar-refractivity contribution in [2.75, 3.05) is 13.1 Å². The molecule has 1 aliphatic carbocycles. The summed E-state index contributed by atoms with van der Waals surface area (Å²) >= 11 is 0. The van der Waals surface area contributed by atoms with Crippen LogP contribution in [0.3, 0.4) is 0 Å². The first-order chi connectivity index (χ1) is 7.95. The average molecular weight is 218 g/mol. The molecule has 2 nitrogen and oxygen atoms in total. The van der Waals surface area contributed by atoms with E-state index in [1.807, 2.05) is 0 Å². The molecule has 0 heterocycles. The molecule has 16 heavy (non-hydrogen) atoms. The SMILES string of the molecule is c1ccc(CNCCNC2CCCC2)cc1. The lowest BCUT2D eigenvalue weighted by Gasteiger charge is -2.12. The highest BCUT2D eigenvalue weighted by Gasteiger charge is 2.12. The molecule has 0 saturated heterocycles. The predicted octanol–water partition coefficient (Wildman–Crippen LogP) is 2.31. The molecule has 0 aromatic heterocycles. The van der Waals surface area contributed by atoms with Gasteiger partial charge in [-0.25, -0.2) is 0 Å². The van der Waals surface area contributed by atoms with E-state index in [9.17, 15) is 0 Å². The first-order valence-corrected chi connectivity index (χ1v) is 6.43. The summed E-state index contributed by atoms with van der Waals surface area (Å²) in [4.78, 5) is 0. The van der Waals surface area contributed by atoms with E-state index in [1.165, 1.54) is 31.2 Å². The van der Waals surface area contributed by atoms with Gasteiger partial charge in [0.15, 0.2) is 0 Å². The zero-order valence-electron chi connectivity index (χ0n) is 9.91. The third-order valence-corrected chi connectivity index (χ3v) is 3.26. The molecule has 0 aliphatic heterocycles. The number of hydrogen-bond donors (Lipinski definition) is 2. The molecule has 0 radical (unpaired) electrons. The van der Waals surface area contributed by atoms with Crippen LogP contribution in [-0.4, -0.2) is 19.1 Å². The first-order valence-electron chi connectivity index (χ1n) is 6.43. The topological polar surface area (TPSA) is 24.1 Å². The lowest BCUT2D eigenvalue weighted by molar-refractivity contribution is 0.509. The number of rotatable bonds is 6. The molecule has 2 rings (SSSR count). The van der Waals surface area contributed by atoms with Gasteiger partial charge < -0.3 is 10.6 Å². The standard InChI is InChI=1S/C14H22N2/c1-2-6-13(7-3-1)12-15-10-11-16-14-8-4-5-9-14/h1-3,6-7,14-16H,4-5,8-12H2. The minimum atomic E-state index is 0.790. The van der Waals surface area contributed by atoms with Crippen LogP contribution in [0, 0.1) is 0 Å². The van der Waals surface area contributed by atoms with Crippen LogP contribution < -0.4 is 10.6 Å². The van der Waals surface area contributed by atoms with E-state index in [0.29, 0.717) is 0 Å². The fourth-order valence-electron chi connectivity index (χ4n) is 2.32. The van der Waals surface area contributed by atoms with Crippen molar-refractivity contribution in [3.63, 3.8) is 0 Å². The summed E-state index contributed by atoms with van der Waals surface area (Å²) in [6.07, 6.45) is 5.57. The summed E-state index contributed by atoms with van der Waals surface area (Å²) in [5.41, 5.74) is 1.36. The maximum atomic E-state index is 3.61. The van der Waals surface area contributed by atoms with Gasteiger partial charge in [0.1, 0.15) is 0 Å². The van der Waals surface area contributed by atoms with Gasteiger partial charge in [0.25, 0.3) is 0 Å². The summed E-state index contributed by atoms with van der Waals surface area (Å²) < 4.78 is 0. The van der Waals surface area contributed by atoms with Crippen LogP contribution in [0.15, 0.2) is 30.3 Å². The van der Waals surface area contributed by atoms with Gasteiger partial charge >= 0.3 is 0 Å².